The molecule has 0 radical (unpaired) electrons. The van der Waals surface area contributed by atoms with E-state index in [9.17, 15) is 9.59 Å². The smallest absolute Gasteiger partial charge is 0.274 e. The molecule has 3 aromatic rings. The standard InChI is InChI=1S/C21H25N5O3S/c1-3-29-17-9-5-4-8-15(17)12-22-19(28)16-11-18(27)23-20-26(16)24-21(30-20)25-10-6-7-14(2)13-25/h4-5,8-9,11,14H,3,6-7,10,12-13H2,1-2H3,(H,22,28). The molecule has 1 fully saturated rings. The van der Waals surface area contributed by atoms with Crippen molar-refractivity contribution in [1.82, 2.24) is 19.9 Å². The van der Waals surface area contributed by atoms with E-state index >= 15 is 0 Å². The molecule has 1 aliphatic rings. The number of carbonyl (C=O) groups is 1. The average Bonchev–Trinajstić information content (AvgIpc) is 3.16. The van der Waals surface area contributed by atoms with Crippen LogP contribution < -0.4 is 20.5 Å². The number of nitrogens with zero attached hydrogens (tertiary/aromatic N) is 4. The summed E-state index contributed by atoms with van der Waals surface area (Å²) in [4.78, 5) is 31.7. The van der Waals surface area contributed by atoms with E-state index in [1.807, 2.05) is 31.2 Å². The molecule has 0 aliphatic carbocycles. The zero-order valence-corrected chi connectivity index (χ0v) is 17.9. The van der Waals surface area contributed by atoms with Crippen molar-refractivity contribution in [3.8, 4) is 5.75 Å². The lowest BCUT2D eigenvalue weighted by Gasteiger charge is -2.30. The van der Waals surface area contributed by atoms with E-state index in [4.69, 9.17) is 4.74 Å². The first-order valence-corrected chi connectivity index (χ1v) is 11.0. The summed E-state index contributed by atoms with van der Waals surface area (Å²) in [6.07, 6.45) is 2.31. The summed E-state index contributed by atoms with van der Waals surface area (Å²) in [5.74, 6) is 0.944. The fourth-order valence-corrected chi connectivity index (χ4v) is 4.61. The number of para-hydroxylation sites is 1. The largest absolute Gasteiger partial charge is 0.494 e. The second kappa shape index (κ2) is 8.83. The van der Waals surface area contributed by atoms with Gasteiger partial charge in [0.2, 0.25) is 10.1 Å². The van der Waals surface area contributed by atoms with Gasteiger partial charge in [0.1, 0.15) is 11.4 Å². The molecule has 1 atom stereocenters. The van der Waals surface area contributed by atoms with Gasteiger partial charge in [0, 0.05) is 31.3 Å². The van der Waals surface area contributed by atoms with Crippen molar-refractivity contribution < 1.29 is 9.53 Å². The molecule has 1 N–H and O–H groups in total. The maximum atomic E-state index is 12.9. The molecule has 4 rings (SSSR count). The van der Waals surface area contributed by atoms with E-state index in [-0.39, 0.29) is 18.1 Å². The van der Waals surface area contributed by atoms with Gasteiger partial charge < -0.3 is 15.0 Å². The quantitative estimate of drug-likeness (QED) is 0.651. The fourth-order valence-electron chi connectivity index (χ4n) is 3.67. The number of rotatable bonds is 6. The highest BCUT2D eigenvalue weighted by molar-refractivity contribution is 7.20. The third kappa shape index (κ3) is 4.30. The normalized spacial score (nSPS) is 16.6. The van der Waals surface area contributed by atoms with E-state index in [0.717, 1.165) is 36.0 Å². The Balaban J connectivity index is 1.58. The SMILES string of the molecule is CCOc1ccccc1CNC(=O)c1cc(=O)nc2sc(N3CCCC(C)C3)nn12. The highest BCUT2D eigenvalue weighted by Crippen LogP contribution is 2.27. The predicted octanol–water partition coefficient (Wildman–Crippen LogP) is 2.72. The number of aromatic nitrogens is 3. The first kappa shape index (κ1) is 20.3. The maximum absolute atomic E-state index is 12.9. The van der Waals surface area contributed by atoms with Crippen molar-refractivity contribution in [3.05, 3.63) is 51.9 Å². The summed E-state index contributed by atoms with van der Waals surface area (Å²) in [7, 11) is 0. The van der Waals surface area contributed by atoms with Crippen molar-refractivity contribution in [2.24, 2.45) is 5.92 Å². The Labute approximate surface area is 178 Å². The molecule has 1 saturated heterocycles. The summed E-state index contributed by atoms with van der Waals surface area (Å²) in [6, 6.07) is 8.79. The number of hydrogen-bond acceptors (Lipinski definition) is 7. The van der Waals surface area contributed by atoms with Gasteiger partial charge in [0.15, 0.2) is 0 Å². The Bertz CT molecular complexity index is 1110. The summed E-state index contributed by atoms with van der Waals surface area (Å²) in [6.45, 7) is 6.80. The number of ether oxygens (including phenoxy) is 1. The number of carbonyl (C=O) groups excluding carboxylic acids is 1. The number of nitrogens with one attached hydrogen (secondary N) is 1. The number of amides is 1. The Hall–Kier alpha value is -2.94. The second-order valence-corrected chi connectivity index (χ2v) is 8.41. The number of anilines is 1. The molecule has 158 valence electrons. The highest BCUT2D eigenvalue weighted by atomic mass is 32.1. The van der Waals surface area contributed by atoms with E-state index in [1.54, 1.807) is 0 Å². The molecule has 1 unspecified atom stereocenters. The second-order valence-electron chi connectivity index (χ2n) is 7.48. The fraction of sp³-hybridized carbons (Fsp3) is 0.429. The van der Waals surface area contributed by atoms with Crippen LogP contribution in [0.1, 0.15) is 42.7 Å². The van der Waals surface area contributed by atoms with Crippen LogP contribution in [0.3, 0.4) is 0 Å². The third-order valence-corrected chi connectivity index (χ3v) is 6.08. The number of hydrogen-bond donors (Lipinski definition) is 1. The summed E-state index contributed by atoms with van der Waals surface area (Å²) < 4.78 is 7.09. The van der Waals surface area contributed by atoms with Gasteiger partial charge in [-0.2, -0.15) is 9.50 Å². The number of benzene rings is 1. The zero-order chi connectivity index (χ0) is 21.1. The predicted molar refractivity (Wildman–Crippen MR) is 117 cm³/mol. The first-order chi connectivity index (χ1) is 14.5. The number of piperidine rings is 1. The summed E-state index contributed by atoms with van der Waals surface area (Å²) in [5, 5.41) is 8.27. The van der Waals surface area contributed by atoms with Crippen molar-refractivity contribution in [1.29, 1.82) is 0 Å². The molecule has 0 bridgehead atoms. The molecule has 1 amide bonds. The van der Waals surface area contributed by atoms with Gasteiger partial charge in [-0.25, -0.2) is 0 Å². The Morgan fingerprint density at radius 2 is 2.20 bits per heavy atom. The van der Waals surface area contributed by atoms with Gasteiger partial charge in [0.05, 0.1) is 6.61 Å². The van der Waals surface area contributed by atoms with Crippen LogP contribution in [0.2, 0.25) is 0 Å². The summed E-state index contributed by atoms with van der Waals surface area (Å²) >= 11 is 1.34. The van der Waals surface area contributed by atoms with Crippen molar-refractivity contribution >= 4 is 27.3 Å². The van der Waals surface area contributed by atoms with Crippen LogP contribution in [0.4, 0.5) is 5.13 Å². The van der Waals surface area contributed by atoms with Crippen molar-refractivity contribution in [2.45, 2.75) is 33.2 Å². The number of fused-ring (bicyclic) bond motifs is 1. The molecule has 8 nitrogen and oxygen atoms in total. The van der Waals surface area contributed by atoms with Crippen molar-refractivity contribution in [2.75, 3.05) is 24.6 Å². The molecule has 1 aliphatic heterocycles. The van der Waals surface area contributed by atoms with Gasteiger partial charge in [-0.1, -0.05) is 36.5 Å². The van der Waals surface area contributed by atoms with Crippen LogP contribution in [0.5, 0.6) is 5.75 Å². The molecular formula is C21H25N5O3S. The maximum Gasteiger partial charge on any atom is 0.274 e. The van der Waals surface area contributed by atoms with E-state index in [2.05, 4.69) is 27.2 Å². The summed E-state index contributed by atoms with van der Waals surface area (Å²) in [5.41, 5.74) is 0.607. The Morgan fingerprint density at radius 1 is 1.37 bits per heavy atom. The minimum Gasteiger partial charge on any atom is -0.494 e. The monoisotopic (exact) mass is 427 g/mol. The Kier molecular flexibility index (Phi) is 5.98. The molecule has 30 heavy (non-hydrogen) atoms. The van der Waals surface area contributed by atoms with E-state index < -0.39 is 5.56 Å². The molecule has 3 heterocycles. The minimum absolute atomic E-state index is 0.187. The van der Waals surface area contributed by atoms with Crippen LogP contribution in [-0.4, -0.2) is 40.2 Å². The van der Waals surface area contributed by atoms with Crippen LogP contribution in [-0.2, 0) is 6.54 Å². The van der Waals surface area contributed by atoms with E-state index in [1.165, 1.54) is 28.3 Å². The van der Waals surface area contributed by atoms with Gasteiger partial charge in [-0.3, -0.25) is 9.59 Å². The van der Waals surface area contributed by atoms with Gasteiger partial charge in [0.25, 0.3) is 11.5 Å². The van der Waals surface area contributed by atoms with Crippen molar-refractivity contribution in [3.63, 3.8) is 0 Å². The lowest BCUT2D eigenvalue weighted by atomic mass is 10.0. The van der Waals surface area contributed by atoms with Crippen LogP contribution in [0, 0.1) is 5.92 Å². The topological polar surface area (TPSA) is 88.8 Å². The molecule has 0 spiro atoms. The Morgan fingerprint density at radius 3 is 3.00 bits per heavy atom. The van der Waals surface area contributed by atoms with Gasteiger partial charge in [-0.15, -0.1) is 5.10 Å². The minimum atomic E-state index is -0.447. The lowest BCUT2D eigenvalue weighted by molar-refractivity contribution is 0.0943. The van der Waals surface area contributed by atoms with Gasteiger partial charge in [-0.05, 0) is 31.7 Å². The van der Waals surface area contributed by atoms with Crippen LogP contribution in [0.25, 0.3) is 4.96 Å². The molecule has 1 aromatic carbocycles. The molecule has 0 saturated carbocycles. The van der Waals surface area contributed by atoms with Gasteiger partial charge >= 0.3 is 0 Å². The first-order valence-electron chi connectivity index (χ1n) is 10.2. The van der Waals surface area contributed by atoms with Crippen LogP contribution >= 0.6 is 11.3 Å². The molecule has 2 aromatic heterocycles. The molecule has 9 heteroatoms. The third-order valence-electron chi connectivity index (χ3n) is 5.12. The van der Waals surface area contributed by atoms with Crippen LogP contribution in [0.15, 0.2) is 35.1 Å². The zero-order valence-electron chi connectivity index (χ0n) is 17.1. The van der Waals surface area contributed by atoms with E-state index in [0.29, 0.717) is 17.5 Å². The highest BCUT2D eigenvalue weighted by Gasteiger charge is 2.22. The average molecular weight is 428 g/mol. The lowest BCUT2D eigenvalue weighted by Crippen LogP contribution is -2.34. The molecular weight excluding hydrogens is 402 g/mol.